The normalized spacial score (nSPS) is 23.6. The molecule has 1 saturated carbocycles. The number of hydrogen-bond donors (Lipinski definition) is 2. The lowest BCUT2D eigenvalue weighted by molar-refractivity contribution is 0.0487. The minimum Gasteiger partial charge on any atom is -0.444 e. The Labute approximate surface area is 142 Å². The van der Waals surface area contributed by atoms with Crippen LogP contribution in [0.1, 0.15) is 67.2 Å². The molecule has 5 heteroatoms. The summed E-state index contributed by atoms with van der Waals surface area (Å²) in [6.45, 7) is 15.6. The molecular weight excluding hydrogens is 290 g/mol. The maximum Gasteiger partial charge on any atom is 0.407 e. The minimum atomic E-state index is -0.436. The Morgan fingerprint density at radius 3 is 2.39 bits per heavy atom. The maximum atomic E-state index is 11.9. The molecule has 0 aromatic rings. The van der Waals surface area contributed by atoms with Crippen molar-refractivity contribution in [2.75, 3.05) is 19.6 Å². The van der Waals surface area contributed by atoms with Crippen molar-refractivity contribution in [3.05, 3.63) is 0 Å². The zero-order valence-electron chi connectivity index (χ0n) is 15.9. The van der Waals surface area contributed by atoms with Crippen LogP contribution in [0.4, 0.5) is 4.79 Å². The molecule has 0 saturated heterocycles. The molecule has 1 aliphatic rings. The van der Waals surface area contributed by atoms with Gasteiger partial charge in [-0.25, -0.2) is 4.79 Å². The number of rotatable bonds is 7. The van der Waals surface area contributed by atoms with E-state index < -0.39 is 5.60 Å². The molecular formula is C18H37N3O2. The van der Waals surface area contributed by atoms with Crippen molar-refractivity contribution in [3.63, 3.8) is 0 Å². The van der Waals surface area contributed by atoms with Crippen molar-refractivity contribution in [2.24, 2.45) is 0 Å². The number of carbonyl (C=O) groups is 1. The summed E-state index contributed by atoms with van der Waals surface area (Å²) in [4.78, 5) is 14.4. The molecule has 1 aliphatic carbocycles. The van der Waals surface area contributed by atoms with Gasteiger partial charge in [-0.15, -0.1) is 0 Å². The Balaban J connectivity index is 2.38. The second-order valence-corrected chi connectivity index (χ2v) is 7.76. The van der Waals surface area contributed by atoms with Gasteiger partial charge < -0.3 is 20.3 Å². The van der Waals surface area contributed by atoms with Crippen LogP contribution in [-0.4, -0.2) is 54.4 Å². The van der Waals surface area contributed by atoms with Crippen molar-refractivity contribution < 1.29 is 9.53 Å². The highest BCUT2D eigenvalue weighted by Crippen LogP contribution is 2.20. The molecule has 0 bridgehead atoms. The summed E-state index contributed by atoms with van der Waals surface area (Å²) in [5.41, 5.74) is -0.436. The van der Waals surface area contributed by atoms with Gasteiger partial charge in [-0.05, 0) is 66.5 Å². The predicted molar refractivity (Wildman–Crippen MR) is 95.8 cm³/mol. The number of hydrogen-bond acceptors (Lipinski definition) is 4. The summed E-state index contributed by atoms with van der Waals surface area (Å²) >= 11 is 0. The molecule has 5 nitrogen and oxygen atoms in total. The Morgan fingerprint density at radius 2 is 1.83 bits per heavy atom. The second kappa shape index (κ2) is 9.48. The molecule has 3 unspecified atom stereocenters. The van der Waals surface area contributed by atoms with E-state index in [1.807, 2.05) is 20.8 Å². The van der Waals surface area contributed by atoms with E-state index in [-0.39, 0.29) is 12.1 Å². The highest BCUT2D eigenvalue weighted by molar-refractivity contribution is 5.68. The summed E-state index contributed by atoms with van der Waals surface area (Å²) in [5, 5.41) is 6.77. The first-order valence-corrected chi connectivity index (χ1v) is 9.21. The zero-order valence-corrected chi connectivity index (χ0v) is 15.9. The lowest BCUT2D eigenvalue weighted by atomic mass is 9.90. The van der Waals surface area contributed by atoms with Crippen LogP contribution in [0, 0.1) is 0 Å². The summed E-state index contributed by atoms with van der Waals surface area (Å²) in [6.07, 6.45) is 4.08. The molecule has 23 heavy (non-hydrogen) atoms. The molecule has 136 valence electrons. The molecule has 2 N–H and O–H groups in total. The largest absolute Gasteiger partial charge is 0.444 e. The van der Waals surface area contributed by atoms with Crippen LogP contribution < -0.4 is 10.6 Å². The Bertz CT molecular complexity index is 351. The summed E-state index contributed by atoms with van der Waals surface area (Å²) < 4.78 is 5.36. The van der Waals surface area contributed by atoms with Crippen LogP contribution in [0.2, 0.25) is 0 Å². The average Bonchev–Trinajstić information content (AvgIpc) is 2.42. The van der Waals surface area contributed by atoms with Gasteiger partial charge in [-0.3, -0.25) is 0 Å². The minimum absolute atomic E-state index is 0.219. The fourth-order valence-corrected chi connectivity index (χ4v) is 3.27. The van der Waals surface area contributed by atoms with E-state index in [1.165, 1.54) is 6.42 Å². The number of amides is 1. The van der Waals surface area contributed by atoms with E-state index >= 15 is 0 Å². The number of nitrogens with zero attached hydrogens (tertiary/aromatic N) is 1. The van der Waals surface area contributed by atoms with Gasteiger partial charge in [0.05, 0.1) is 0 Å². The van der Waals surface area contributed by atoms with E-state index in [0.717, 1.165) is 38.9 Å². The van der Waals surface area contributed by atoms with Gasteiger partial charge in [0, 0.05) is 24.7 Å². The Hall–Kier alpha value is -0.810. The van der Waals surface area contributed by atoms with Crippen molar-refractivity contribution >= 4 is 6.09 Å². The lowest BCUT2D eigenvalue weighted by Gasteiger charge is -2.34. The Kier molecular flexibility index (Phi) is 8.34. The molecule has 0 aromatic carbocycles. The summed E-state index contributed by atoms with van der Waals surface area (Å²) in [7, 11) is 0. The van der Waals surface area contributed by atoms with E-state index in [4.69, 9.17) is 4.74 Å². The first-order valence-electron chi connectivity index (χ1n) is 9.21. The van der Waals surface area contributed by atoms with Gasteiger partial charge >= 0.3 is 6.09 Å². The van der Waals surface area contributed by atoms with Gasteiger partial charge in [0.1, 0.15) is 5.60 Å². The smallest absolute Gasteiger partial charge is 0.407 e. The standard InChI is InChI=1S/C18H37N3O2/c1-7-21(8-2)13-14(3)19-15-10-9-11-16(12-15)20-17(22)23-18(4,5)6/h14-16,19H,7-13H2,1-6H3,(H,20,22). The molecule has 0 aromatic heterocycles. The molecule has 0 aliphatic heterocycles. The average molecular weight is 328 g/mol. The SMILES string of the molecule is CCN(CC)CC(C)NC1CCCC(NC(=O)OC(C)(C)C)C1. The first kappa shape index (κ1) is 20.2. The van der Waals surface area contributed by atoms with Gasteiger partial charge in [0.25, 0.3) is 0 Å². The van der Waals surface area contributed by atoms with E-state index in [0.29, 0.717) is 12.1 Å². The van der Waals surface area contributed by atoms with Crippen molar-refractivity contribution in [1.29, 1.82) is 0 Å². The summed E-state index contributed by atoms with van der Waals surface area (Å²) in [6, 6.07) is 1.17. The molecule has 1 amide bonds. The highest BCUT2D eigenvalue weighted by Gasteiger charge is 2.26. The molecule has 0 heterocycles. The zero-order chi connectivity index (χ0) is 17.5. The molecule has 0 radical (unpaired) electrons. The van der Waals surface area contributed by atoms with Crippen LogP contribution in [0.5, 0.6) is 0 Å². The number of likely N-dealkylation sites (N-methyl/N-ethyl adjacent to an activating group) is 1. The lowest BCUT2D eigenvalue weighted by Crippen LogP contribution is -2.49. The predicted octanol–water partition coefficient (Wildman–Crippen LogP) is 3.14. The number of carbonyl (C=O) groups excluding carboxylic acids is 1. The fourth-order valence-electron chi connectivity index (χ4n) is 3.27. The van der Waals surface area contributed by atoms with Crippen molar-refractivity contribution in [1.82, 2.24) is 15.5 Å². The summed E-state index contributed by atoms with van der Waals surface area (Å²) in [5.74, 6) is 0. The van der Waals surface area contributed by atoms with Gasteiger partial charge in [0.15, 0.2) is 0 Å². The second-order valence-electron chi connectivity index (χ2n) is 7.76. The third-order valence-electron chi connectivity index (χ3n) is 4.34. The Morgan fingerprint density at radius 1 is 1.22 bits per heavy atom. The molecule has 1 rings (SSSR count). The fraction of sp³-hybridized carbons (Fsp3) is 0.944. The third kappa shape index (κ3) is 8.56. The van der Waals surface area contributed by atoms with Crippen molar-refractivity contribution in [3.8, 4) is 0 Å². The van der Waals surface area contributed by atoms with Crippen LogP contribution in [0.3, 0.4) is 0 Å². The first-order chi connectivity index (χ1) is 10.7. The van der Waals surface area contributed by atoms with Crippen LogP contribution in [0.25, 0.3) is 0 Å². The number of alkyl carbamates (subject to hydrolysis) is 1. The topological polar surface area (TPSA) is 53.6 Å². The molecule has 3 atom stereocenters. The van der Waals surface area contributed by atoms with Gasteiger partial charge in [0.2, 0.25) is 0 Å². The van der Waals surface area contributed by atoms with Gasteiger partial charge in [-0.2, -0.15) is 0 Å². The molecule has 0 spiro atoms. The van der Waals surface area contributed by atoms with Crippen LogP contribution in [-0.2, 0) is 4.74 Å². The van der Waals surface area contributed by atoms with E-state index in [1.54, 1.807) is 0 Å². The van der Waals surface area contributed by atoms with Crippen molar-refractivity contribution in [2.45, 2.75) is 91.0 Å². The third-order valence-corrected chi connectivity index (χ3v) is 4.34. The van der Waals surface area contributed by atoms with Crippen LogP contribution in [0.15, 0.2) is 0 Å². The van der Waals surface area contributed by atoms with Crippen LogP contribution >= 0.6 is 0 Å². The van der Waals surface area contributed by atoms with E-state index in [2.05, 4.69) is 36.3 Å². The van der Waals surface area contributed by atoms with E-state index in [9.17, 15) is 4.79 Å². The van der Waals surface area contributed by atoms with Gasteiger partial charge in [-0.1, -0.05) is 13.8 Å². The highest BCUT2D eigenvalue weighted by atomic mass is 16.6. The maximum absolute atomic E-state index is 11.9. The quantitative estimate of drug-likeness (QED) is 0.754. The molecule has 1 fully saturated rings. The number of ether oxygens (including phenoxy) is 1. The monoisotopic (exact) mass is 327 g/mol. The number of nitrogens with one attached hydrogen (secondary N) is 2.